The number of hydrogen-bond acceptors (Lipinski definition) is 1. The van der Waals surface area contributed by atoms with Gasteiger partial charge < -0.3 is 4.98 Å². The van der Waals surface area contributed by atoms with E-state index in [0.29, 0.717) is 16.8 Å². The summed E-state index contributed by atoms with van der Waals surface area (Å²) in [5.74, 6) is 0. The first-order chi connectivity index (χ1) is 10.8. The molecule has 1 N–H and O–H groups in total. The largest absolute Gasteiger partial charge is 0.416 e. The van der Waals surface area contributed by atoms with Crippen molar-refractivity contribution in [3.63, 3.8) is 0 Å². The number of fused-ring (bicyclic) bond motifs is 1. The number of aromatic nitrogens is 1. The zero-order valence-electron chi connectivity index (χ0n) is 12.6. The Morgan fingerprint density at radius 3 is 2.26 bits per heavy atom. The van der Waals surface area contributed by atoms with E-state index in [0.717, 1.165) is 40.4 Å². The van der Waals surface area contributed by atoms with Crippen LogP contribution in [0.15, 0.2) is 36.4 Å². The van der Waals surface area contributed by atoms with Crippen molar-refractivity contribution in [1.29, 1.82) is 0 Å². The molecule has 0 saturated carbocycles. The Labute approximate surface area is 130 Å². The highest BCUT2D eigenvalue weighted by atomic mass is 19.4. The molecule has 1 aromatic heterocycles. The van der Waals surface area contributed by atoms with Gasteiger partial charge in [0.15, 0.2) is 6.29 Å². The first-order valence-electron chi connectivity index (χ1n) is 7.07. The summed E-state index contributed by atoms with van der Waals surface area (Å²) in [7, 11) is 0. The van der Waals surface area contributed by atoms with Crippen LogP contribution in [0.2, 0.25) is 0 Å². The number of alkyl halides is 3. The fourth-order valence-electron chi connectivity index (χ4n) is 2.85. The van der Waals surface area contributed by atoms with Gasteiger partial charge in [0.1, 0.15) is 0 Å². The highest BCUT2D eigenvalue weighted by molar-refractivity contribution is 6.05. The van der Waals surface area contributed by atoms with Crippen LogP contribution in [0.3, 0.4) is 0 Å². The number of aldehydes is 1. The third kappa shape index (κ3) is 2.63. The number of benzene rings is 2. The molecule has 0 aliphatic rings. The van der Waals surface area contributed by atoms with Gasteiger partial charge in [-0.25, -0.2) is 0 Å². The van der Waals surface area contributed by atoms with Crippen LogP contribution in [-0.4, -0.2) is 11.3 Å². The van der Waals surface area contributed by atoms with Crippen LogP contribution < -0.4 is 0 Å². The van der Waals surface area contributed by atoms with Crippen molar-refractivity contribution >= 4 is 17.2 Å². The quantitative estimate of drug-likeness (QED) is 0.641. The van der Waals surface area contributed by atoms with Crippen LogP contribution in [0, 0.1) is 13.8 Å². The molecule has 0 atom stereocenters. The normalized spacial score (nSPS) is 11.9. The number of aromatic amines is 1. The Hall–Kier alpha value is -2.56. The lowest BCUT2D eigenvalue weighted by Crippen LogP contribution is -2.04. The maximum absolute atomic E-state index is 12.7. The first-order valence-corrected chi connectivity index (χ1v) is 7.07. The van der Waals surface area contributed by atoms with E-state index in [1.807, 2.05) is 26.0 Å². The van der Waals surface area contributed by atoms with E-state index in [1.165, 1.54) is 12.1 Å². The van der Waals surface area contributed by atoms with Crippen LogP contribution in [0.4, 0.5) is 13.2 Å². The van der Waals surface area contributed by atoms with Crippen molar-refractivity contribution in [3.05, 3.63) is 58.7 Å². The van der Waals surface area contributed by atoms with Gasteiger partial charge in [-0.2, -0.15) is 13.2 Å². The van der Waals surface area contributed by atoms with Gasteiger partial charge in [0.05, 0.1) is 11.3 Å². The molecule has 0 saturated heterocycles. The van der Waals surface area contributed by atoms with Crippen molar-refractivity contribution in [2.24, 2.45) is 0 Å². The predicted molar refractivity (Wildman–Crippen MR) is 83.6 cm³/mol. The highest BCUT2D eigenvalue weighted by Crippen LogP contribution is 2.34. The van der Waals surface area contributed by atoms with Crippen molar-refractivity contribution in [2.75, 3.05) is 0 Å². The van der Waals surface area contributed by atoms with Crippen LogP contribution in [0.25, 0.3) is 22.2 Å². The highest BCUT2D eigenvalue weighted by Gasteiger charge is 2.30. The van der Waals surface area contributed by atoms with Crippen LogP contribution in [0.5, 0.6) is 0 Å². The fraction of sp³-hybridized carbons (Fsp3) is 0.167. The zero-order chi connectivity index (χ0) is 16.8. The topological polar surface area (TPSA) is 32.9 Å². The molecule has 118 valence electrons. The van der Waals surface area contributed by atoms with E-state index in [-0.39, 0.29) is 0 Å². The first kappa shape index (κ1) is 15.3. The summed E-state index contributed by atoms with van der Waals surface area (Å²) in [4.78, 5) is 14.7. The monoisotopic (exact) mass is 317 g/mol. The Morgan fingerprint density at radius 2 is 1.70 bits per heavy atom. The Morgan fingerprint density at radius 1 is 1.04 bits per heavy atom. The van der Waals surface area contributed by atoms with E-state index in [1.54, 1.807) is 0 Å². The van der Waals surface area contributed by atoms with Crippen LogP contribution in [-0.2, 0) is 6.18 Å². The van der Waals surface area contributed by atoms with E-state index >= 15 is 0 Å². The standard InChI is InChI=1S/C18H14F3NO/c1-10-7-11(2)16-14(8-10)15(9-23)17(22-16)12-3-5-13(6-4-12)18(19,20)21/h3-9,22H,1-2H3. The lowest BCUT2D eigenvalue weighted by Gasteiger charge is -2.07. The minimum Gasteiger partial charge on any atom is -0.354 e. The molecule has 3 rings (SSSR count). The van der Waals surface area contributed by atoms with E-state index in [9.17, 15) is 18.0 Å². The van der Waals surface area contributed by atoms with Crippen LogP contribution in [0.1, 0.15) is 27.0 Å². The summed E-state index contributed by atoms with van der Waals surface area (Å²) in [6.45, 7) is 3.86. The Kier molecular flexibility index (Phi) is 3.51. The van der Waals surface area contributed by atoms with Crippen LogP contribution >= 0.6 is 0 Å². The molecule has 0 aliphatic carbocycles. The van der Waals surface area contributed by atoms with Crippen molar-refractivity contribution < 1.29 is 18.0 Å². The number of carbonyl (C=O) groups is 1. The average Bonchev–Trinajstić information content (AvgIpc) is 2.85. The molecular weight excluding hydrogens is 303 g/mol. The number of rotatable bonds is 2. The maximum Gasteiger partial charge on any atom is 0.416 e. The molecule has 0 unspecified atom stereocenters. The number of H-pyrrole nitrogens is 1. The van der Waals surface area contributed by atoms with Crippen molar-refractivity contribution in [2.45, 2.75) is 20.0 Å². The maximum atomic E-state index is 12.7. The third-order valence-corrected chi connectivity index (χ3v) is 3.91. The lowest BCUT2D eigenvalue weighted by atomic mass is 10.0. The van der Waals surface area contributed by atoms with Gasteiger partial charge in [-0.15, -0.1) is 0 Å². The second kappa shape index (κ2) is 5.26. The zero-order valence-corrected chi connectivity index (χ0v) is 12.6. The molecule has 5 heteroatoms. The summed E-state index contributed by atoms with van der Waals surface area (Å²) in [5.41, 5.74) is 3.68. The molecule has 0 spiro atoms. The van der Waals surface area contributed by atoms with E-state index in [2.05, 4.69) is 4.98 Å². The molecule has 0 fully saturated rings. The minimum atomic E-state index is -4.37. The molecule has 0 amide bonds. The molecular formula is C18H14F3NO. The van der Waals surface area contributed by atoms with Gasteiger partial charge in [0.25, 0.3) is 0 Å². The van der Waals surface area contributed by atoms with Gasteiger partial charge in [-0.3, -0.25) is 4.79 Å². The summed E-state index contributed by atoms with van der Waals surface area (Å²) in [6, 6.07) is 8.69. The number of nitrogens with one attached hydrogen (secondary N) is 1. The van der Waals surface area contributed by atoms with E-state index in [4.69, 9.17) is 0 Å². The molecule has 0 bridgehead atoms. The molecule has 0 radical (unpaired) electrons. The SMILES string of the molecule is Cc1cc(C)c2[nH]c(-c3ccc(C(F)(F)F)cc3)c(C=O)c2c1. The second-order valence-corrected chi connectivity index (χ2v) is 5.61. The molecule has 0 aliphatic heterocycles. The lowest BCUT2D eigenvalue weighted by molar-refractivity contribution is -0.137. The average molecular weight is 317 g/mol. The molecule has 2 nitrogen and oxygen atoms in total. The summed E-state index contributed by atoms with van der Waals surface area (Å²) < 4.78 is 38.0. The van der Waals surface area contributed by atoms with Crippen molar-refractivity contribution in [3.8, 4) is 11.3 Å². The van der Waals surface area contributed by atoms with Gasteiger partial charge in [-0.1, -0.05) is 23.8 Å². The molecule has 1 heterocycles. The van der Waals surface area contributed by atoms with Gasteiger partial charge >= 0.3 is 6.18 Å². The summed E-state index contributed by atoms with van der Waals surface area (Å²) in [5, 5.41) is 0.785. The summed E-state index contributed by atoms with van der Waals surface area (Å²) in [6.07, 6.45) is -3.63. The van der Waals surface area contributed by atoms with Gasteiger partial charge in [0, 0.05) is 16.5 Å². The third-order valence-electron chi connectivity index (χ3n) is 3.91. The predicted octanol–water partition coefficient (Wildman–Crippen LogP) is 5.28. The second-order valence-electron chi connectivity index (χ2n) is 5.61. The van der Waals surface area contributed by atoms with Crippen molar-refractivity contribution in [1.82, 2.24) is 4.98 Å². The smallest absolute Gasteiger partial charge is 0.354 e. The number of aryl methyl sites for hydroxylation is 2. The number of halogens is 3. The van der Waals surface area contributed by atoms with Gasteiger partial charge in [0.2, 0.25) is 0 Å². The summed E-state index contributed by atoms with van der Waals surface area (Å²) >= 11 is 0. The van der Waals surface area contributed by atoms with E-state index < -0.39 is 11.7 Å². The molecule has 3 aromatic rings. The fourth-order valence-corrected chi connectivity index (χ4v) is 2.85. The Balaban J connectivity index is 2.20. The molecule has 23 heavy (non-hydrogen) atoms. The Bertz CT molecular complexity index is 889. The number of hydrogen-bond donors (Lipinski definition) is 1. The minimum absolute atomic E-state index is 0.464. The molecule has 2 aromatic carbocycles. The van der Waals surface area contributed by atoms with Gasteiger partial charge in [-0.05, 0) is 43.2 Å². The number of carbonyl (C=O) groups excluding carboxylic acids is 1.